The van der Waals surface area contributed by atoms with Crippen molar-refractivity contribution >= 4 is 28.8 Å². The van der Waals surface area contributed by atoms with Crippen molar-refractivity contribution in [3.63, 3.8) is 0 Å². The Kier molecular flexibility index (Phi) is 3.53. The monoisotopic (exact) mass is 245 g/mol. The molecule has 15 heavy (non-hydrogen) atoms. The topological polar surface area (TPSA) is 54.9 Å². The van der Waals surface area contributed by atoms with Gasteiger partial charge in [-0.3, -0.25) is 4.79 Å². The molecule has 1 aliphatic carbocycles. The van der Waals surface area contributed by atoms with Gasteiger partial charge in [0.1, 0.15) is 0 Å². The minimum atomic E-state index is -0.147. The van der Waals surface area contributed by atoms with E-state index in [9.17, 15) is 4.79 Å². The first kappa shape index (κ1) is 10.8. The third kappa shape index (κ3) is 2.89. The van der Waals surface area contributed by atoms with Crippen LogP contribution >= 0.6 is 22.9 Å². The average molecular weight is 246 g/mol. The largest absolute Gasteiger partial charge is 0.347 e. The Labute approximate surface area is 97.0 Å². The second-order valence-electron chi connectivity index (χ2n) is 3.67. The standard InChI is InChI=1S/C9H12ClN3OS/c10-9-13-12-8(15-9)7(14)11-6-4-2-1-3-5-6/h6H,1-5H2,(H,11,14). The summed E-state index contributed by atoms with van der Waals surface area (Å²) in [6, 6.07) is 0.300. The fraction of sp³-hybridized carbons (Fsp3) is 0.667. The molecule has 0 aromatic carbocycles. The third-order valence-corrected chi connectivity index (χ3v) is 3.55. The summed E-state index contributed by atoms with van der Waals surface area (Å²) in [5.41, 5.74) is 0. The highest BCUT2D eigenvalue weighted by Gasteiger charge is 2.18. The first-order valence-electron chi connectivity index (χ1n) is 5.05. The van der Waals surface area contributed by atoms with E-state index in [-0.39, 0.29) is 5.91 Å². The van der Waals surface area contributed by atoms with E-state index in [1.165, 1.54) is 19.3 Å². The summed E-state index contributed by atoms with van der Waals surface area (Å²) in [7, 11) is 0. The number of hydrogen-bond acceptors (Lipinski definition) is 4. The predicted octanol–water partition coefficient (Wildman–Crippen LogP) is 2.25. The van der Waals surface area contributed by atoms with E-state index in [0.717, 1.165) is 24.2 Å². The molecule has 1 aromatic heterocycles. The second-order valence-corrected chi connectivity index (χ2v) is 5.23. The number of carbonyl (C=O) groups is 1. The highest BCUT2D eigenvalue weighted by molar-refractivity contribution is 7.17. The molecule has 6 heteroatoms. The van der Waals surface area contributed by atoms with Gasteiger partial charge < -0.3 is 5.32 Å². The van der Waals surface area contributed by atoms with Gasteiger partial charge in [0.2, 0.25) is 9.47 Å². The second kappa shape index (κ2) is 4.90. The Morgan fingerprint density at radius 3 is 2.67 bits per heavy atom. The van der Waals surface area contributed by atoms with Gasteiger partial charge in [-0.1, -0.05) is 30.6 Å². The molecule has 0 saturated heterocycles. The number of nitrogens with zero attached hydrogens (tertiary/aromatic N) is 2. The highest BCUT2D eigenvalue weighted by Crippen LogP contribution is 2.19. The van der Waals surface area contributed by atoms with Gasteiger partial charge >= 0.3 is 0 Å². The molecule has 0 spiro atoms. The zero-order valence-corrected chi connectivity index (χ0v) is 9.77. The van der Waals surface area contributed by atoms with Crippen molar-refractivity contribution in [1.82, 2.24) is 15.5 Å². The molecule has 4 nitrogen and oxygen atoms in total. The third-order valence-electron chi connectivity index (χ3n) is 2.53. The Morgan fingerprint density at radius 1 is 1.33 bits per heavy atom. The van der Waals surface area contributed by atoms with Crippen molar-refractivity contribution < 1.29 is 4.79 Å². The molecule has 0 atom stereocenters. The van der Waals surface area contributed by atoms with Crippen LogP contribution in [-0.2, 0) is 0 Å². The molecular formula is C9H12ClN3OS. The molecule has 0 bridgehead atoms. The summed E-state index contributed by atoms with van der Waals surface area (Å²) >= 11 is 6.73. The van der Waals surface area contributed by atoms with Crippen LogP contribution in [0.2, 0.25) is 4.47 Å². The lowest BCUT2D eigenvalue weighted by atomic mass is 9.95. The van der Waals surface area contributed by atoms with Gasteiger partial charge in [0.05, 0.1) is 0 Å². The number of aromatic nitrogens is 2. The lowest BCUT2D eigenvalue weighted by Crippen LogP contribution is -2.36. The molecule has 1 aliphatic rings. The average Bonchev–Trinajstić information content (AvgIpc) is 2.66. The lowest BCUT2D eigenvalue weighted by molar-refractivity contribution is 0.0926. The van der Waals surface area contributed by atoms with Crippen LogP contribution in [0.3, 0.4) is 0 Å². The molecular weight excluding hydrogens is 234 g/mol. The summed E-state index contributed by atoms with van der Waals surface area (Å²) in [4.78, 5) is 11.7. The zero-order chi connectivity index (χ0) is 10.7. The van der Waals surface area contributed by atoms with Gasteiger partial charge in [0.15, 0.2) is 0 Å². The molecule has 1 amide bonds. The van der Waals surface area contributed by atoms with E-state index in [1.54, 1.807) is 0 Å². The minimum Gasteiger partial charge on any atom is -0.347 e. The van der Waals surface area contributed by atoms with Gasteiger partial charge in [-0.25, -0.2) is 0 Å². The normalized spacial score (nSPS) is 17.7. The summed E-state index contributed by atoms with van der Waals surface area (Å²) in [5.74, 6) is -0.147. The van der Waals surface area contributed by atoms with Gasteiger partial charge in [0, 0.05) is 6.04 Å². The van der Waals surface area contributed by atoms with Gasteiger partial charge in [-0.2, -0.15) is 0 Å². The summed E-state index contributed by atoms with van der Waals surface area (Å²) in [6.07, 6.45) is 5.80. The fourth-order valence-electron chi connectivity index (χ4n) is 1.79. The van der Waals surface area contributed by atoms with Crippen LogP contribution in [0.1, 0.15) is 41.9 Å². The van der Waals surface area contributed by atoms with E-state index in [4.69, 9.17) is 11.6 Å². The maximum atomic E-state index is 11.7. The van der Waals surface area contributed by atoms with Gasteiger partial charge in [-0.15, -0.1) is 10.2 Å². The highest BCUT2D eigenvalue weighted by atomic mass is 35.5. The SMILES string of the molecule is O=C(NC1CCCCC1)c1nnc(Cl)s1. The van der Waals surface area contributed by atoms with E-state index >= 15 is 0 Å². The maximum absolute atomic E-state index is 11.7. The van der Waals surface area contributed by atoms with Crippen LogP contribution in [0.4, 0.5) is 0 Å². The zero-order valence-electron chi connectivity index (χ0n) is 8.20. The quantitative estimate of drug-likeness (QED) is 0.870. The van der Waals surface area contributed by atoms with E-state index in [1.807, 2.05) is 0 Å². The van der Waals surface area contributed by atoms with E-state index < -0.39 is 0 Å². The Balaban J connectivity index is 1.91. The Hall–Kier alpha value is -0.680. The molecule has 2 rings (SSSR count). The molecule has 0 aliphatic heterocycles. The van der Waals surface area contributed by atoms with Crippen molar-refractivity contribution in [3.05, 3.63) is 9.47 Å². The molecule has 82 valence electrons. The van der Waals surface area contributed by atoms with Crippen LogP contribution < -0.4 is 5.32 Å². The molecule has 1 fully saturated rings. The summed E-state index contributed by atoms with van der Waals surface area (Å²) in [6.45, 7) is 0. The molecule has 1 saturated carbocycles. The lowest BCUT2D eigenvalue weighted by Gasteiger charge is -2.21. The van der Waals surface area contributed by atoms with Crippen molar-refractivity contribution in [2.24, 2.45) is 0 Å². The summed E-state index contributed by atoms with van der Waals surface area (Å²) < 4.78 is 0.309. The smallest absolute Gasteiger partial charge is 0.282 e. The number of hydrogen-bond donors (Lipinski definition) is 1. The number of carbonyl (C=O) groups excluding carboxylic acids is 1. The number of halogens is 1. The van der Waals surface area contributed by atoms with Crippen molar-refractivity contribution in [1.29, 1.82) is 0 Å². The minimum absolute atomic E-state index is 0.147. The van der Waals surface area contributed by atoms with Gasteiger partial charge in [0.25, 0.3) is 5.91 Å². The first-order valence-corrected chi connectivity index (χ1v) is 6.25. The number of rotatable bonds is 2. The van der Waals surface area contributed by atoms with Crippen molar-refractivity contribution in [3.8, 4) is 0 Å². The van der Waals surface area contributed by atoms with Crippen molar-refractivity contribution in [2.75, 3.05) is 0 Å². The molecule has 0 unspecified atom stereocenters. The van der Waals surface area contributed by atoms with Crippen LogP contribution in [0.15, 0.2) is 0 Å². The maximum Gasteiger partial charge on any atom is 0.282 e. The predicted molar refractivity (Wildman–Crippen MR) is 59.3 cm³/mol. The van der Waals surface area contributed by atoms with E-state index in [2.05, 4.69) is 15.5 Å². The van der Waals surface area contributed by atoms with Crippen LogP contribution in [0, 0.1) is 0 Å². The molecule has 1 aromatic rings. The number of nitrogens with one attached hydrogen (secondary N) is 1. The van der Waals surface area contributed by atoms with E-state index in [0.29, 0.717) is 15.5 Å². The van der Waals surface area contributed by atoms with Crippen LogP contribution in [0.25, 0.3) is 0 Å². The number of amides is 1. The van der Waals surface area contributed by atoms with Crippen LogP contribution in [-0.4, -0.2) is 22.1 Å². The Bertz CT molecular complexity index is 349. The fourth-order valence-corrected chi connectivity index (χ4v) is 2.52. The molecule has 1 N–H and O–H groups in total. The molecule has 0 radical (unpaired) electrons. The van der Waals surface area contributed by atoms with Gasteiger partial charge in [-0.05, 0) is 24.4 Å². The van der Waals surface area contributed by atoms with Crippen LogP contribution in [0.5, 0.6) is 0 Å². The summed E-state index contributed by atoms with van der Waals surface area (Å²) in [5, 5.41) is 10.6. The Morgan fingerprint density at radius 2 is 2.07 bits per heavy atom. The first-order chi connectivity index (χ1) is 7.25. The van der Waals surface area contributed by atoms with Crippen molar-refractivity contribution in [2.45, 2.75) is 38.1 Å². The molecule has 1 heterocycles.